The molecule has 0 spiro atoms. The van der Waals surface area contributed by atoms with Crippen molar-refractivity contribution in [1.82, 2.24) is 26.3 Å². The highest BCUT2D eigenvalue weighted by molar-refractivity contribution is 5.98. The summed E-state index contributed by atoms with van der Waals surface area (Å²) < 4.78 is 0. The van der Waals surface area contributed by atoms with Crippen molar-refractivity contribution in [2.24, 2.45) is 17.6 Å². The van der Waals surface area contributed by atoms with Crippen molar-refractivity contribution in [3.63, 3.8) is 0 Å². The summed E-state index contributed by atoms with van der Waals surface area (Å²) in [5.41, 5.74) is 6.70. The van der Waals surface area contributed by atoms with Crippen LogP contribution in [0.25, 0.3) is 10.8 Å². The second-order valence-electron chi connectivity index (χ2n) is 14.0. The number of hydrogen-bond donors (Lipinski definition) is 7. The highest BCUT2D eigenvalue weighted by atomic mass is 35.5. The first-order valence-electron chi connectivity index (χ1n) is 18.0. The molecule has 53 heavy (non-hydrogen) atoms. The van der Waals surface area contributed by atoms with Crippen molar-refractivity contribution >= 4 is 59.2 Å². The van der Waals surface area contributed by atoms with Crippen molar-refractivity contribution in [3.05, 3.63) is 78.1 Å². The van der Waals surface area contributed by atoms with Gasteiger partial charge in [-0.1, -0.05) is 76.6 Å². The maximum absolute atomic E-state index is 14.1. The van der Waals surface area contributed by atoms with Gasteiger partial charge in [-0.25, -0.2) is 0 Å². The molecule has 8 N–H and O–H groups in total. The van der Waals surface area contributed by atoms with Crippen LogP contribution in [0.3, 0.4) is 0 Å². The van der Waals surface area contributed by atoms with Gasteiger partial charge in [-0.05, 0) is 72.5 Å². The SMILES string of the molecule is CC(C)C[C@H](NC(=O)[C@H](Cc1cccc2ccccc12)NC(=O)c1cccnc1)C(=O)N[C@@H](CC(C)C)[C@@H](O)CC(=O)N[C@H](CO)CCCCN.Cl.Cl. The Balaban J connectivity index is 0.00000702. The van der Waals surface area contributed by atoms with Crippen LogP contribution in [0.1, 0.15) is 82.1 Å². The number of hydrogen-bond acceptors (Lipinski definition) is 8. The van der Waals surface area contributed by atoms with E-state index >= 15 is 0 Å². The molecule has 0 unspecified atom stereocenters. The number of nitrogens with two attached hydrogens (primary N) is 1. The van der Waals surface area contributed by atoms with E-state index in [1.165, 1.54) is 6.20 Å². The van der Waals surface area contributed by atoms with Gasteiger partial charge in [-0.15, -0.1) is 24.8 Å². The molecule has 294 valence electrons. The summed E-state index contributed by atoms with van der Waals surface area (Å²) in [7, 11) is 0. The van der Waals surface area contributed by atoms with Crippen LogP contribution in [0.4, 0.5) is 0 Å². The minimum Gasteiger partial charge on any atom is -0.394 e. The molecule has 3 rings (SSSR count). The molecule has 1 aromatic heterocycles. The smallest absolute Gasteiger partial charge is 0.253 e. The summed E-state index contributed by atoms with van der Waals surface area (Å²) in [5, 5.41) is 34.2. The molecule has 14 heteroatoms. The maximum atomic E-state index is 14.1. The fourth-order valence-electron chi connectivity index (χ4n) is 6.08. The minimum absolute atomic E-state index is 0. The van der Waals surface area contributed by atoms with E-state index in [-0.39, 0.29) is 56.1 Å². The minimum atomic E-state index is -1.21. The van der Waals surface area contributed by atoms with E-state index in [2.05, 4.69) is 26.3 Å². The average molecular weight is 778 g/mol. The van der Waals surface area contributed by atoms with Gasteiger partial charge in [0.05, 0.1) is 36.8 Å². The van der Waals surface area contributed by atoms with Crippen LogP contribution >= 0.6 is 24.8 Å². The number of rotatable bonds is 21. The van der Waals surface area contributed by atoms with Crippen molar-refractivity contribution in [2.45, 2.75) is 103 Å². The van der Waals surface area contributed by atoms with E-state index in [1.807, 2.05) is 70.2 Å². The van der Waals surface area contributed by atoms with Crippen LogP contribution in [-0.2, 0) is 20.8 Å². The van der Waals surface area contributed by atoms with Crippen LogP contribution in [-0.4, -0.2) is 82.2 Å². The lowest BCUT2D eigenvalue weighted by atomic mass is 9.95. The molecule has 2 aromatic carbocycles. The average Bonchev–Trinajstić information content (AvgIpc) is 3.10. The zero-order valence-electron chi connectivity index (χ0n) is 31.1. The van der Waals surface area contributed by atoms with Gasteiger partial charge in [0.2, 0.25) is 17.7 Å². The van der Waals surface area contributed by atoms with Gasteiger partial charge in [0.15, 0.2) is 0 Å². The summed E-state index contributed by atoms with van der Waals surface area (Å²) in [6, 6.07) is 13.6. The first-order chi connectivity index (χ1) is 24.4. The normalized spacial score (nSPS) is 13.8. The molecule has 3 aromatic rings. The molecular formula is C39H58Cl2N6O6. The number of unbranched alkanes of at least 4 members (excludes halogenated alkanes) is 1. The lowest BCUT2D eigenvalue weighted by molar-refractivity contribution is -0.131. The molecule has 0 aliphatic carbocycles. The van der Waals surface area contributed by atoms with E-state index in [9.17, 15) is 29.4 Å². The number of amides is 4. The zero-order chi connectivity index (χ0) is 37.3. The summed E-state index contributed by atoms with van der Waals surface area (Å²) in [6.45, 7) is 8.03. The maximum Gasteiger partial charge on any atom is 0.253 e. The number of aliphatic hydroxyl groups is 2. The van der Waals surface area contributed by atoms with Gasteiger partial charge < -0.3 is 37.2 Å². The van der Waals surface area contributed by atoms with Gasteiger partial charge in [0.25, 0.3) is 5.91 Å². The van der Waals surface area contributed by atoms with Crippen molar-refractivity contribution < 1.29 is 29.4 Å². The van der Waals surface area contributed by atoms with E-state index in [4.69, 9.17) is 5.73 Å². The molecule has 0 radical (unpaired) electrons. The molecule has 5 atom stereocenters. The number of aliphatic hydroxyl groups excluding tert-OH is 2. The molecule has 12 nitrogen and oxygen atoms in total. The first-order valence-corrected chi connectivity index (χ1v) is 18.0. The van der Waals surface area contributed by atoms with Gasteiger partial charge in [0, 0.05) is 18.8 Å². The number of nitrogens with zero attached hydrogens (tertiary/aromatic N) is 1. The summed E-state index contributed by atoms with van der Waals surface area (Å²) in [6.07, 6.45) is 4.40. The highest BCUT2D eigenvalue weighted by Crippen LogP contribution is 2.21. The largest absolute Gasteiger partial charge is 0.394 e. The molecule has 0 bridgehead atoms. The third kappa shape index (κ3) is 16.0. The quantitative estimate of drug-likeness (QED) is 0.0793. The molecule has 0 saturated carbocycles. The highest BCUT2D eigenvalue weighted by Gasteiger charge is 2.32. The molecule has 0 aliphatic heterocycles. The Morgan fingerprint density at radius 3 is 2.11 bits per heavy atom. The van der Waals surface area contributed by atoms with Crippen LogP contribution < -0.4 is 27.0 Å². The lowest BCUT2D eigenvalue weighted by Crippen LogP contribution is -2.57. The Morgan fingerprint density at radius 1 is 0.792 bits per heavy atom. The fourth-order valence-corrected chi connectivity index (χ4v) is 6.08. The van der Waals surface area contributed by atoms with Gasteiger partial charge >= 0.3 is 0 Å². The fraction of sp³-hybridized carbons (Fsp3) is 0.513. The Hall–Kier alpha value is -3.81. The van der Waals surface area contributed by atoms with Crippen LogP contribution in [0.15, 0.2) is 67.0 Å². The van der Waals surface area contributed by atoms with Crippen molar-refractivity contribution in [2.75, 3.05) is 13.2 Å². The molecule has 0 fully saturated rings. The number of aromatic nitrogens is 1. The number of carbonyl (C=O) groups excluding carboxylic acids is 4. The number of pyridine rings is 1. The van der Waals surface area contributed by atoms with Crippen LogP contribution in [0.2, 0.25) is 0 Å². The zero-order valence-corrected chi connectivity index (χ0v) is 32.8. The Bertz CT molecular complexity index is 1560. The van der Waals surface area contributed by atoms with E-state index in [1.54, 1.807) is 18.3 Å². The Labute approximate surface area is 325 Å². The number of carbonyl (C=O) groups is 4. The molecule has 4 amide bonds. The standard InChI is InChI=1S/C39H56N6O6.2ClH/c1-25(2)19-32(35(47)22-36(48)42-30(24-46)15-7-8-17-40)43-38(50)33(20-26(3)4)45-39(51)34(44-37(49)29-14-10-18-41-23-29)21-28-13-9-12-27-11-5-6-16-31(27)28;;/h5-6,9-14,16,18,23,25-26,30,32-35,46-47H,7-8,15,17,19-22,24,40H2,1-4H3,(H,42,48)(H,43,50)(H,44,49)(H,45,51);2*1H/t30-,32-,33-,34-,35-;;/m0../s1. The molecule has 0 aliphatic rings. The number of benzene rings is 2. The second kappa shape index (κ2) is 24.5. The summed E-state index contributed by atoms with van der Waals surface area (Å²) in [5.74, 6) is -1.87. The Kier molecular flexibility index (Phi) is 21.8. The predicted octanol–water partition coefficient (Wildman–Crippen LogP) is 3.84. The third-order valence-electron chi connectivity index (χ3n) is 8.69. The number of halogens is 2. The molecule has 0 saturated heterocycles. The lowest BCUT2D eigenvalue weighted by Gasteiger charge is -2.30. The second-order valence-corrected chi connectivity index (χ2v) is 14.0. The van der Waals surface area contributed by atoms with E-state index in [0.29, 0.717) is 31.4 Å². The first kappa shape index (κ1) is 47.2. The number of nitrogens with one attached hydrogen (secondary N) is 4. The summed E-state index contributed by atoms with van der Waals surface area (Å²) >= 11 is 0. The van der Waals surface area contributed by atoms with Crippen LogP contribution in [0, 0.1) is 11.8 Å². The predicted molar refractivity (Wildman–Crippen MR) is 213 cm³/mol. The molecular weight excluding hydrogens is 719 g/mol. The van der Waals surface area contributed by atoms with Crippen molar-refractivity contribution in [3.8, 4) is 0 Å². The van der Waals surface area contributed by atoms with Gasteiger partial charge in [0.1, 0.15) is 12.1 Å². The van der Waals surface area contributed by atoms with Crippen LogP contribution in [0.5, 0.6) is 0 Å². The monoisotopic (exact) mass is 776 g/mol. The Morgan fingerprint density at radius 2 is 1.47 bits per heavy atom. The van der Waals surface area contributed by atoms with Gasteiger partial charge in [-0.3, -0.25) is 24.2 Å². The summed E-state index contributed by atoms with van der Waals surface area (Å²) in [4.78, 5) is 58.1. The van der Waals surface area contributed by atoms with E-state index in [0.717, 1.165) is 29.2 Å². The van der Waals surface area contributed by atoms with Crippen molar-refractivity contribution in [1.29, 1.82) is 0 Å². The number of fused-ring (bicyclic) bond motifs is 1. The topological polar surface area (TPSA) is 196 Å². The third-order valence-corrected chi connectivity index (χ3v) is 8.69. The van der Waals surface area contributed by atoms with E-state index < -0.39 is 53.9 Å². The molecule has 1 heterocycles. The van der Waals surface area contributed by atoms with Gasteiger partial charge in [-0.2, -0.15) is 0 Å².